The molecule has 0 unspecified atom stereocenters. The van der Waals surface area contributed by atoms with E-state index >= 15 is 0 Å². The summed E-state index contributed by atoms with van der Waals surface area (Å²) in [5.74, 6) is -0.274. The Hall–Kier alpha value is -4.14. The molecular formula is C26H19Cl2N3O5. The third-order valence-electron chi connectivity index (χ3n) is 5.37. The van der Waals surface area contributed by atoms with E-state index in [1.165, 1.54) is 20.3 Å². The lowest BCUT2D eigenvalue weighted by Crippen LogP contribution is -2.16. The number of nitrogens with zero attached hydrogens (tertiary/aromatic N) is 2. The summed E-state index contributed by atoms with van der Waals surface area (Å²) >= 11 is 12.2. The molecule has 4 aromatic rings. The number of carbonyl (C=O) groups is 2. The van der Waals surface area contributed by atoms with E-state index in [1.54, 1.807) is 54.6 Å². The van der Waals surface area contributed by atoms with Crippen LogP contribution in [0, 0.1) is 0 Å². The van der Waals surface area contributed by atoms with Crippen LogP contribution in [0.15, 0.2) is 70.9 Å². The molecule has 0 spiro atoms. The highest BCUT2D eigenvalue weighted by Crippen LogP contribution is 2.42. The number of rotatable bonds is 7. The lowest BCUT2D eigenvalue weighted by molar-refractivity contribution is 0.101. The van der Waals surface area contributed by atoms with Gasteiger partial charge in [0.1, 0.15) is 22.9 Å². The van der Waals surface area contributed by atoms with Crippen molar-refractivity contribution in [2.45, 2.75) is 0 Å². The fourth-order valence-corrected chi connectivity index (χ4v) is 3.97. The van der Waals surface area contributed by atoms with Gasteiger partial charge in [-0.05, 0) is 35.7 Å². The van der Waals surface area contributed by atoms with Crippen molar-refractivity contribution in [2.75, 3.05) is 19.5 Å². The van der Waals surface area contributed by atoms with Crippen LogP contribution in [0.3, 0.4) is 0 Å². The Morgan fingerprint density at radius 2 is 1.72 bits per heavy atom. The van der Waals surface area contributed by atoms with Crippen LogP contribution in [0.5, 0.6) is 17.2 Å². The van der Waals surface area contributed by atoms with Crippen LogP contribution >= 0.6 is 23.2 Å². The number of phenols is 1. The number of amides is 1. The lowest BCUT2D eigenvalue weighted by atomic mass is 9.96. The number of azo groups is 1. The number of carbonyl (C=O) groups excluding carboxylic acids is 2. The van der Waals surface area contributed by atoms with Crippen LogP contribution in [-0.2, 0) is 0 Å². The minimum atomic E-state index is -0.642. The summed E-state index contributed by atoms with van der Waals surface area (Å²) in [6.45, 7) is 0. The molecule has 0 aromatic heterocycles. The maximum atomic E-state index is 13.4. The molecule has 182 valence electrons. The van der Waals surface area contributed by atoms with Crippen LogP contribution < -0.4 is 14.8 Å². The molecule has 2 N–H and O–H groups in total. The van der Waals surface area contributed by atoms with E-state index in [4.69, 9.17) is 32.7 Å². The molecule has 0 heterocycles. The SMILES string of the molecule is COc1ccc(OC)c(NC(=O)c2c(C=O)c(O)c(N=Nc3cc(Cl)ccc3Cl)c3ccccc23)c1. The first-order valence-corrected chi connectivity index (χ1v) is 11.3. The summed E-state index contributed by atoms with van der Waals surface area (Å²) in [6.07, 6.45) is 0.394. The van der Waals surface area contributed by atoms with Gasteiger partial charge in [0.2, 0.25) is 0 Å². The molecule has 4 aromatic carbocycles. The van der Waals surface area contributed by atoms with Gasteiger partial charge < -0.3 is 19.9 Å². The largest absolute Gasteiger partial charge is 0.505 e. The van der Waals surface area contributed by atoms with E-state index in [0.717, 1.165) is 0 Å². The van der Waals surface area contributed by atoms with Crippen molar-refractivity contribution in [2.24, 2.45) is 10.2 Å². The number of anilines is 1. The van der Waals surface area contributed by atoms with Gasteiger partial charge in [0.05, 0.1) is 36.1 Å². The molecule has 8 nitrogen and oxygen atoms in total. The highest BCUT2D eigenvalue weighted by molar-refractivity contribution is 6.35. The molecule has 0 aliphatic heterocycles. The van der Waals surface area contributed by atoms with Crippen LogP contribution in [-0.4, -0.2) is 31.5 Å². The Morgan fingerprint density at radius 3 is 2.42 bits per heavy atom. The van der Waals surface area contributed by atoms with Crippen molar-refractivity contribution in [3.05, 3.63) is 81.8 Å². The molecule has 10 heteroatoms. The topological polar surface area (TPSA) is 110 Å². The molecule has 0 aliphatic rings. The highest BCUT2D eigenvalue weighted by Gasteiger charge is 2.24. The van der Waals surface area contributed by atoms with Crippen molar-refractivity contribution in [1.29, 1.82) is 0 Å². The van der Waals surface area contributed by atoms with Crippen molar-refractivity contribution in [3.63, 3.8) is 0 Å². The first kappa shape index (κ1) is 25.0. The standard InChI is InChI=1S/C26H19Cl2N3O5/c1-35-15-8-10-22(36-2)21(12-15)29-26(34)23-16-5-3-4-6-17(16)24(25(33)18(23)13-32)31-30-20-11-14(27)7-9-19(20)28/h3-13,33H,1-2H3,(H,29,34). The number of nitrogens with one attached hydrogen (secondary N) is 1. The Labute approximate surface area is 216 Å². The molecule has 0 fully saturated rings. The molecule has 0 aliphatic carbocycles. The second-order valence-corrected chi connectivity index (χ2v) is 8.31. The summed E-state index contributed by atoms with van der Waals surface area (Å²) in [5.41, 5.74) is 0.301. The number of halogens is 2. The number of benzene rings is 4. The van der Waals surface area contributed by atoms with Crippen molar-refractivity contribution in [3.8, 4) is 17.2 Å². The minimum Gasteiger partial charge on any atom is -0.505 e. The van der Waals surface area contributed by atoms with Gasteiger partial charge in [-0.15, -0.1) is 10.2 Å². The Bertz CT molecular complexity index is 1520. The number of methoxy groups -OCH3 is 2. The minimum absolute atomic E-state index is 0.000692. The molecular weight excluding hydrogens is 505 g/mol. The Kier molecular flexibility index (Phi) is 7.38. The molecule has 0 radical (unpaired) electrons. The third-order valence-corrected chi connectivity index (χ3v) is 5.92. The quantitative estimate of drug-likeness (QED) is 0.194. The smallest absolute Gasteiger partial charge is 0.257 e. The van der Waals surface area contributed by atoms with Gasteiger partial charge in [0.25, 0.3) is 5.91 Å². The van der Waals surface area contributed by atoms with Crippen LogP contribution in [0.25, 0.3) is 10.8 Å². The second-order valence-electron chi connectivity index (χ2n) is 7.47. The normalized spacial score (nSPS) is 11.0. The summed E-state index contributed by atoms with van der Waals surface area (Å²) in [6, 6.07) is 16.3. The number of aromatic hydroxyl groups is 1. The maximum Gasteiger partial charge on any atom is 0.257 e. The number of hydrogen-bond acceptors (Lipinski definition) is 7. The van der Waals surface area contributed by atoms with Gasteiger partial charge in [0, 0.05) is 16.5 Å². The lowest BCUT2D eigenvalue weighted by Gasteiger charge is -2.16. The average Bonchev–Trinajstić information content (AvgIpc) is 2.89. The number of fused-ring (bicyclic) bond motifs is 1. The third kappa shape index (κ3) is 4.82. The first-order valence-electron chi connectivity index (χ1n) is 10.5. The van der Waals surface area contributed by atoms with Crippen LogP contribution in [0.1, 0.15) is 20.7 Å². The molecule has 0 saturated carbocycles. The zero-order valence-electron chi connectivity index (χ0n) is 19.1. The van der Waals surface area contributed by atoms with E-state index in [9.17, 15) is 14.7 Å². The molecule has 0 saturated heterocycles. The molecule has 1 amide bonds. The summed E-state index contributed by atoms with van der Waals surface area (Å²) in [4.78, 5) is 25.5. The number of aldehydes is 1. The van der Waals surface area contributed by atoms with E-state index in [1.807, 2.05) is 0 Å². The van der Waals surface area contributed by atoms with Crippen molar-refractivity contribution < 1.29 is 24.2 Å². The fourth-order valence-electron chi connectivity index (χ4n) is 3.65. The average molecular weight is 524 g/mol. The van der Waals surface area contributed by atoms with E-state index < -0.39 is 11.7 Å². The summed E-state index contributed by atoms with van der Waals surface area (Å²) < 4.78 is 10.6. The van der Waals surface area contributed by atoms with Crippen molar-refractivity contribution >= 4 is 63.2 Å². The monoisotopic (exact) mass is 523 g/mol. The predicted molar refractivity (Wildman–Crippen MR) is 139 cm³/mol. The van der Waals surface area contributed by atoms with Gasteiger partial charge >= 0.3 is 0 Å². The van der Waals surface area contributed by atoms with Gasteiger partial charge in [-0.25, -0.2) is 0 Å². The summed E-state index contributed by atoms with van der Waals surface area (Å²) in [5, 5.41) is 23.5. The van der Waals surface area contributed by atoms with Gasteiger partial charge in [-0.3, -0.25) is 9.59 Å². The molecule has 36 heavy (non-hydrogen) atoms. The number of phenolic OH excluding ortho intramolecular Hbond substituents is 1. The molecule has 0 atom stereocenters. The predicted octanol–water partition coefficient (Wildman–Crippen LogP) is 7.35. The van der Waals surface area contributed by atoms with Gasteiger partial charge in [-0.1, -0.05) is 47.5 Å². The Balaban J connectivity index is 1.86. The first-order chi connectivity index (χ1) is 17.4. The maximum absolute atomic E-state index is 13.4. The van der Waals surface area contributed by atoms with E-state index in [-0.39, 0.29) is 22.5 Å². The fraction of sp³-hybridized carbons (Fsp3) is 0.0769. The van der Waals surface area contributed by atoms with Gasteiger partial charge in [-0.2, -0.15) is 0 Å². The zero-order chi connectivity index (χ0) is 25.8. The van der Waals surface area contributed by atoms with E-state index in [0.29, 0.717) is 44.3 Å². The van der Waals surface area contributed by atoms with Crippen LogP contribution in [0.2, 0.25) is 10.0 Å². The number of hydrogen-bond donors (Lipinski definition) is 2. The Morgan fingerprint density at radius 1 is 0.972 bits per heavy atom. The molecule has 4 rings (SSSR count). The van der Waals surface area contributed by atoms with E-state index in [2.05, 4.69) is 15.5 Å². The van der Waals surface area contributed by atoms with Crippen molar-refractivity contribution in [1.82, 2.24) is 0 Å². The highest BCUT2D eigenvalue weighted by atomic mass is 35.5. The second kappa shape index (κ2) is 10.6. The van der Waals surface area contributed by atoms with Gasteiger partial charge in [0.15, 0.2) is 12.0 Å². The summed E-state index contributed by atoms with van der Waals surface area (Å²) in [7, 11) is 2.95. The van der Waals surface area contributed by atoms with Crippen LogP contribution in [0.4, 0.5) is 17.1 Å². The zero-order valence-corrected chi connectivity index (χ0v) is 20.6. The molecule has 0 bridgehead atoms. The number of ether oxygens (including phenoxy) is 2.